The van der Waals surface area contributed by atoms with Gasteiger partial charge in [-0.25, -0.2) is 13.1 Å². The van der Waals surface area contributed by atoms with E-state index in [0.717, 1.165) is 11.1 Å². The Bertz CT molecular complexity index is 1030. The molecule has 0 aliphatic carbocycles. The van der Waals surface area contributed by atoms with Gasteiger partial charge in [0.2, 0.25) is 10.0 Å². The molecule has 0 aliphatic heterocycles. The summed E-state index contributed by atoms with van der Waals surface area (Å²) in [7, 11) is -3.63. The lowest BCUT2D eigenvalue weighted by Gasteiger charge is -2.08. The number of hydrogen-bond acceptors (Lipinski definition) is 5. The summed E-state index contributed by atoms with van der Waals surface area (Å²) in [6.07, 6.45) is 1.93. The summed E-state index contributed by atoms with van der Waals surface area (Å²) < 4.78 is 32.6. The number of aromatic nitrogens is 1. The topological polar surface area (TPSA) is 85.4 Å². The van der Waals surface area contributed by atoms with Crippen molar-refractivity contribution in [2.75, 3.05) is 0 Å². The van der Waals surface area contributed by atoms with Crippen LogP contribution in [0.5, 0.6) is 5.75 Å². The van der Waals surface area contributed by atoms with Crippen LogP contribution in [0, 0.1) is 0 Å². The molecule has 0 amide bonds. The van der Waals surface area contributed by atoms with Crippen molar-refractivity contribution in [2.45, 2.75) is 24.8 Å². The summed E-state index contributed by atoms with van der Waals surface area (Å²) >= 11 is 0. The first kappa shape index (κ1) is 19.7. The molecule has 0 unspecified atom stereocenters. The van der Waals surface area contributed by atoms with Crippen molar-refractivity contribution in [1.29, 1.82) is 0 Å². The minimum Gasteiger partial charge on any atom is -0.427 e. The predicted molar refractivity (Wildman–Crippen MR) is 106 cm³/mol. The van der Waals surface area contributed by atoms with Crippen molar-refractivity contribution in [3.05, 3.63) is 78.6 Å². The zero-order valence-electron chi connectivity index (χ0n) is 15.3. The molecular formula is C21H20N2O4S. The van der Waals surface area contributed by atoms with Crippen LogP contribution in [-0.2, 0) is 21.4 Å². The number of sulfonamides is 1. The number of benzene rings is 2. The van der Waals surface area contributed by atoms with Crippen molar-refractivity contribution in [2.24, 2.45) is 0 Å². The molecule has 0 saturated heterocycles. The lowest BCUT2D eigenvalue weighted by molar-refractivity contribution is -0.134. The number of nitrogens with one attached hydrogen (secondary N) is 1. The molecule has 28 heavy (non-hydrogen) atoms. The van der Waals surface area contributed by atoms with Gasteiger partial charge in [0.25, 0.3) is 0 Å². The maximum atomic E-state index is 12.4. The molecule has 1 aromatic heterocycles. The lowest BCUT2D eigenvalue weighted by Crippen LogP contribution is -2.23. The van der Waals surface area contributed by atoms with Crippen molar-refractivity contribution in [3.8, 4) is 16.9 Å². The van der Waals surface area contributed by atoms with Crippen molar-refractivity contribution in [1.82, 2.24) is 9.71 Å². The number of esters is 1. The highest BCUT2D eigenvalue weighted by atomic mass is 32.2. The Morgan fingerprint density at radius 2 is 1.61 bits per heavy atom. The van der Waals surface area contributed by atoms with E-state index in [-0.39, 0.29) is 17.4 Å². The standard InChI is InChI=1S/C21H20N2O4S/c1-2-21(24)27-19-10-6-16(7-11-19)17-8-12-20(13-9-17)28(25,26)23-15-18-5-3-4-14-22-18/h3-14,23H,2,15H2,1H3. The second-order valence-corrected chi connectivity index (χ2v) is 7.79. The Morgan fingerprint density at radius 3 is 2.18 bits per heavy atom. The predicted octanol–water partition coefficient (Wildman–Crippen LogP) is 3.54. The fraction of sp³-hybridized carbons (Fsp3) is 0.143. The first-order valence-corrected chi connectivity index (χ1v) is 10.3. The van der Waals surface area contributed by atoms with Gasteiger partial charge in [-0.3, -0.25) is 9.78 Å². The molecule has 0 aliphatic rings. The van der Waals surface area contributed by atoms with Crippen LogP contribution in [0.1, 0.15) is 19.0 Å². The quantitative estimate of drug-likeness (QED) is 0.488. The molecule has 0 spiro atoms. The number of rotatable bonds is 7. The third kappa shape index (κ3) is 5.03. The van der Waals surface area contributed by atoms with Crippen LogP contribution in [0.25, 0.3) is 11.1 Å². The SMILES string of the molecule is CCC(=O)Oc1ccc(-c2ccc(S(=O)(=O)NCc3ccccn3)cc2)cc1. The first-order chi connectivity index (χ1) is 13.5. The molecule has 2 aromatic carbocycles. The van der Waals surface area contributed by atoms with Crippen molar-refractivity contribution >= 4 is 16.0 Å². The molecule has 0 bridgehead atoms. The maximum absolute atomic E-state index is 12.4. The van der Waals surface area contributed by atoms with E-state index in [2.05, 4.69) is 9.71 Å². The maximum Gasteiger partial charge on any atom is 0.310 e. The van der Waals surface area contributed by atoms with Crippen molar-refractivity contribution < 1.29 is 17.9 Å². The second kappa shape index (κ2) is 8.77. The second-order valence-electron chi connectivity index (χ2n) is 6.02. The summed E-state index contributed by atoms with van der Waals surface area (Å²) in [4.78, 5) is 15.6. The van der Waals surface area contributed by atoms with E-state index in [1.165, 1.54) is 0 Å². The van der Waals surface area contributed by atoms with Gasteiger partial charge < -0.3 is 4.74 Å². The molecule has 0 radical (unpaired) electrons. The average Bonchev–Trinajstić information content (AvgIpc) is 2.74. The molecule has 0 atom stereocenters. The third-order valence-corrected chi connectivity index (χ3v) is 5.46. The highest BCUT2D eigenvalue weighted by Gasteiger charge is 2.14. The van der Waals surface area contributed by atoms with Crippen LogP contribution in [0.3, 0.4) is 0 Å². The van der Waals surface area contributed by atoms with Gasteiger partial charge in [0, 0.05) is 12.6 Å². The number of ether oxygens (including phenoxy) is 1. The van der Waals surface area contributed by atoms with Gasteiger partial charge in [-0.05, 0) is 47.5 Å². The van der Waals surface area contributed by atoms with Crippen LogP contribution < -0.4 is 9.46 Å². The molecule has 1 heterocycles. The highest BCUT2D eigenvalue weighted by Crippen LogP contribution is 2.24. The Morgan fingerprint density at radius 1 is 0.964 bits per heavy atom. The number of carbonyl (C=O) groups is 1. The largest absolute Gasteiger partial charge is 0.427 e. The van der Waals surface area contributed by atoms with Gasteiger partial charge >= 0.3 is 5.97 Å². The molecule has 3 rings (SSSR count). The number of nitrogens with zero attached hydrogens (tertiary/aromatic N) is 1. The summed E-state index contributed by atoms with van der Waals surface area (Å²) in [5.74, 6) is 0.189. The van der Waals surface area contributed by atoms with Crippen LogP contribution in [-0.4, -0.2) is 19.4 Å². The number of pyridine rings is 1. The van der Waals surface area contributed by atoms with Gasteiger partial charge in [0.05, 0.1) is 17.1 Å². The van der Waals surface area contributed by atoms with E-state index >= 15 is 0 Å². The summed E-state index contributed by atoms with van der Waals surface area (Å²) in [5.41, 5.74) is 2.39. The summed E-state index contributed by atoms with van der Waals surface area (Å²) in [6, 6.07) is 19.0. The molecule has 7 heteroatoms. The Kier molecular flexibility index (Phi) is 6.18. The molecule has 144 valence electrons. The van der Waals surface area contributed by atoms with Crippen molar-refractivity contribution in [3.63, 3.8) is 0 Å². The van der Waals surface area contributed by atoms with Gasteiger partial charge in [-0.1, -0.05) is 37.3 Å². The normalized spacial score (nSPS) is 11.2. The Labute approximate surface area is 164 Å². The van der Waals surface area contributed by atoms with E-state index in [0.29, 0.717) is 17.9 Å². The third-order valence-electron chi connectivity index (χ3n) is 4.04. The van der Waals surface area contributed by atoms with Gasteiger partial charge in [0.1, 0.15) is 5.75 Å². The number of carbonyl (C=O) groups excluding carboxylic acids is 1. The fourth-order valence-electron chi connectivity index (χ4n) is 2.50. The van der Waals surface area contributed by atoms with E-state index in [9.17, 15) is 13.2 Å². The summed E-state index contributed by atoms with van der Waals surface area (Å²) in [5, 5.41) is 0. The van der Waals surface area contributed by atoms with E-state index < -0.39 is 10.0 Å². The summed E-state index contributed by atoms with van der Waals surface area (Å²) in [6.45, 7) is 1.86. The van der Waals surface area contributed by atoms with E-state index in [1.54, 1.807) is 67.7 Å². The van der Waals surface area contributed by atoms with E-state index in [1.807, 2.05) is 12.1 Å². The Hall–Kier alpha value is -3.03. The van der Waals surface area contributed by atoms with Crippen LogP contribution in [0.2, 0.25) is 0 Å². The minimum absolute atomic E-state index is 0.128. The molecule has 0 saturated carbocycles. The van der Waals surface area contributed by atoms with Crippen LogP contribution >= 0.6 is 0 Å². The molecule has 0 fully saturated rings. The smallest absolute Gasteiger partial charge is 0.310 e. The van der Waals surface area contributed by atoms with E-state index in [4.69, 9.17) is 4.74 Å². The zero-order chi connectivity index (χ0) is 20.0. The monoisotopic (exact) mass is 396 g/mol. The molecule has 1 N–H and O–H groups in total. The molecule has 3 aromatic rings. The van der Waals surface area contributed by atoms with Crippen LogP contribution in [0.15, 0.2) is 77.8 Å². The first-order valence-electron chi connectivity index (χ1n) is 8.78. The van der Waals surface area contributed by atoms with Gasteiger partial charge in [-0.15, -0.1) is 0 Å². The van der Waals surface area contributed by atoms with Crippen LogP contribution in [0.4, 0.5) is 0 Å². The number of hydrogen-bond donors (Lipinski definition) is 1. The highest BCUT2D eigenvalue weighted by molar-refractivity contribution is 7.89. The molecular weight excluding hydrogens is 376 g/mol. The fourth-order valence-corrected chi connectivity index (χ4v) is 3.50. The zero-order valence-corrected chi connectivity index (χ0v) is 16.1. The lowest BCUT2D eigenvalue weighted by atomic mass is 10.1. The molecule has 6 nitrogen and oxygen atoms in total. The minimum atomic E-state index is -3.63. The van der Waals surface area contributed by atoms with Gasteiger partial charge in [0.15, 0.2) is 0 Å². The van der Waals surface area contributed by atoms with Gasteiger partial charge in [-0.2, -0.15) is 0 Å². The average molecular weight is 396 g/mol. The Balaban J connectivity index is 1.69.